The van der Waals surface area contributed by atoms with Gasteiger partial charge in [-0.2, -0.15) is 0 Å². The first kappa shape index (κ1) is 22.5. The van der Waals surface area contributed by atoms with Gasteiger partial charge in [0.2, 0.25) is 0 Å². The molecular weight excluding hydrogens is 404 g/mol. The maximum absolute atomic E-state index is 12.0. The first-order chi connectivity index (χ1) is 15.7. The van der Waals surface area contributed by atoms with E-state index < -0.39 is 0 Å². The summed E-state index contributed by atoms with van der Waals surface area (Å²) in [6, 6.07) is 14.5. The van der Waals surface area contributed by atoms with Crippen molar-refractivity contribution in [3.05, 3.63) is 65.9 Å². The Morgan fingerprint density at radius 3 is 2.84 bits per heavy atom. The van der Waals surface area contributed by atoms with Crippen LogP contribution in [0.4, 0.5) is 5.82 Å². The van der Waals surface area contributed by atoms with E-state index in [-0.39, 0.29) is 17.7 Å². The fraction of sp³-hybridized carbons (Fsp3) is 0.440. The van der Waals surface area contributed by atoms with Gasteiger partial charge in [-0.3, -0.25) is 4.79 Å². The van der Waals surface area contributed by atoms with Crippen LogP contribution in [0.25, 0.3) is 6.08 Å². The molecule has 0 bridgehead atoms. The van der Waals surface area contributed by atoms with Crippen LogP contribution in [0.1, 0.15) is 43.2 Å². The van der Waals surface area contributed by atoms with Crippen LogP contribution in [-0.4, -0.2) is 42.4 Å². The van der Waals surface area contributed by atoms with E-state index in [2.05, 4.69) is 45.4 Å². The van der Waals surface area contributed by atoms with Gasteiger partial charge >= 0.3 is 0 Å². The molecule has 0 spiro atoms. The number of anilines is 1. The number of aromatic nitrogens is 1. The molecule has 170 valence electrons. The largest absolute Gasteiger partial charge is 0.363 e. The molecule has 2 aliphatic rings. The van der Waals surface area contributed by atoms with Crippen LogP contribution in [0.15, 0.2) is 54.7 Å². The molecule has 7 nitrogen and oxygen atoms in total. The monoisotopic (exact) mass is 436 g/mol. The lowest BCUT2D eigenvalue weighted by Gasteiger charge is -2.39. The van der Waals surface area contributed by atoms with Gasteiger partial charge in [-0.25, -0.2) is 15.3 Å². The Morgan fingerprint density at radius 2 is 2.12 bits per heavy atom. The number of hydrogen-bond donors (Lipinski definition) is 3. The third-order valence-electron chi connectivity index (χ3n) is 5.89. The zero-order valence-electron chi connectivity index (χ0n) is 18.4. The Balaban J connectivity index is 1.32. The maximum Gasteiger partial charge on any atom is 0.267 e. The van der Waals surface area contributed by atoms with Gasteiger partial charge in [0.1, 0.15) is 5.82 Å². The minimum Gasteiger partial charge on any atom is -0.363 e. The zero-order chi connectivity index (χ0) is 22.1. The van der Waals surface area contributed by atoms with E-state index in [0.29, 0.717) is 6.61 Å². The SMILES string of the molecule is O=C(/C=C/c1ccc(N[C@@]2(Cc3ccccc3)CCCNC2)nc1)NOC1CCCCO1. The number of piperidine rings is 1. The molecule has 1 unspecified atom stereocenters. The second-order valence-electron chi connectivity index (χ2n) is 8.54. The normalized spacial score (nSPS) is 23.7. The number of hydroxylamine groups is 1. The van der Waals surface area contributed by atoms with Gasteiger partial charge in [0.05, 0.1) is 5.54 Å². The van der Waals surface area contributed by atoms with E-state index in [1.807, 2.05) is 18.2 Å². The highest BCUT2D eigenvalue weighted by Gasteiger charge is 2.32. The molecule has 7 heteroatoms. The van der Waals surface area contributed by atoms with Crippen LogP contribution in [0, 0.1) is 0 Å². The summed E-state index contributed by atoms with van der Waals surface area (Å²) in [5.74, 6) is 0.514. The quantitative estimate of drug-likeness (QED) is 0.434. The van der Waals surface area contributed by atoms with Crippen molar-refractivity contribution >= 4 is 17.8 Å². The molecule has 2 atom stereocenters. The summed E-state index contributed by atoms with van der Waals surface area (Å²) in [5, 5.41) is 7.21. The van der Waals surface area contributed by atoms with Crippen molar-refractivity contribution in [1.29, 1.82) is 0 Å². The minimum absolute atomic E-state index is 0.0671. The van der Waals surface area contributed by atoms with Crippen molar-refractivity contribution in [2.75, 3.05) is 25.0 Å². The summed E-state index contributed by atoms with van der Waals surface area (Å²) >= 11 is 0. The van der Waals surface area contributed by atoms with Crippen molar-refractivity contribution < 1.29 is 14.4 Å². The molecule has 3 heterocycles. The zero-order valence-corrected chi connectivity index (χ0v) is 18.4. The standard InChI is InChI=1S/C25H32N4O3/c30-23(29-32-24-9-4-5-16-31-24)13-11-21-10-12-22(27-18-21)28-25(14-6-15-26-19-25)17-20-7-2-1-3-8-20/h1-3,7-8,10-13,18,24,26H,4-6,9,14-17,19H2,(H,27,28)(H,29,30)/b13-11+/t24?,25-/m1/s1. The van der Waals surface area contributed by atoms with Crippen LogP contribution < -0.4 is 16.1 Å². The molecule has 0 radical (unpaired) electrons. The number of benzene rings is 1. The van der Waals surface area contributed by atoms with Crippen molar-refractivity contribution in [2.45, 2.75) is 50.4 Å². The average Bonchev–Trinajstić information content (AvgIpc) is 2.84. The number of amides is 1. The fourth-order valence-electron chi connectivity index (χ4n) is 4.24. The summed E-state index contributed by atoms with van der Waals surface area (Å²) in [4.78, 5) is 21.9. The Kier molecular flexibility index (Phi) is 7.87. The van der Waals surface area contributed by atoms with Crippen LogP contribution in [0.3, 0.4) is 0 Å². The number of nitrogens with zero attached hydrogens (tertiary/aromatic N) is 1. The van der Waals surface area contributed by atoms with Gasteiger partial charge in [-0.05, 0) is 68.0 Å². The lowest BCUT2D eigenvalue weighted by atomic mass is 9.84. The molecule has 3 N–H and O–H groups in total. The fourth-order valence-corrected chi connectivity index (χ4v) is 4.24. The van der Waals surface area contributed by atoms with Crippen molar-refractivity contribution in [3.63, 3.8) is 0 Å². The van der Waals surface area contributed by atoms with Gasteiger partial charge in [0, 0.05) is 31.8 Å². The molecule has 0 aliphatic carbocycles. The molecule has 2 saturated heterocycles. The predicted molar refractivity (Wildman–Crippen MR) is 125 cm³/mol. The van der Waals surface area contributed by atoms with E-state index in [9.17, 15) is 4.79 Å². The smallest absolute Gasteiger partial charge is 0.267 e. The summed E-state index contributed by atoms with van der Waals surface area (Å²) < 4.78 is 5.43. The molecule has 1 aromatic carbocycles. The molecule has 4 rings (SSSR count). The number of ether oxygens (including phenoxy) is 1. The van der Waals surface area contributed by atoms with Gasteiger partial charge in [-0.15, -0.1) is 0 Å². The van der Waals surface area contributed by atoms with Crippen molar-refractivity contribution in [3.8, 4) is 0 Å². The second-order valence-corrected chi connectivity index (χ2v) is 8.54. The average molecular weight is 437 g/mol. The van der Waals surface area contributed by atoms with Crippen LogP contribution in [-0.2, 0) is 20.8 Å². The van der Waals surface area contributed by atoms with E-state index in [4.69, 9.17) is 9.57 Å². The van der Waals surface area contributed by atoms with E-state index >= 15 is 0 Å². The molecular formula is C25H32N4O3. The van der Waals surface area contributed by atoms with Crippen LogP contribution in [0.5, 0.6) is 0 Å². The predicted octanol–water partition coefficient (Wildman–Crippen LogP) is 3.45. The summed E-state index contributed by atoms with van der Waals surface area (Å²) in [6.45, 7) is 2.62. The Hall–Kier alpha value is -2.74. The van der Waals surface area contributed by atoms with Gasteiger partial charge in [-0.1, -0.05) is 30.3 Å². The second kappa shape index (κ2) is 11.2. The first-order valence-corrected chi connectivity index (χ1v) is 11.5. The van der Waals surface area contributed by atoms with E-state index in [1.54, 1.807) is 12.3 Å². The summed E-state index contributed by atoms with van der Waals surface area (Å²) in [7, 11) is 0. The number of carbonyl (C=O) groups is 1. The molecule has 2 aromatic rings. The Bertz CT molecular complexity index is 874. The van der Waals surface area contributed by atoms with Crippen LogP contribution >= 0.6 is 0 Å². The minimum atomic E-state index is -0.356. The molecule has 1 amide bonds. The number of rotatable bonds is 8. The van der Waals surface area contributed by atoms with Crippen molar-refractivity contribution in [2.24, 2.45) is 0 Å². The Labute approximate surface area is 189 Å². The highest BCUT2D eigenvalue weighted by atomic mass is 16.8. The molecule has 2 aliphatic heterocycles. The van der Waals surface area contributed by atoms with E-state index in [0.717, 1.165) is 63.0 Å². The lowest BCUT2D eigenvalue weighted by Crippen LogP contribution is -2.53. The summed E-state index contributed by atoms with van der Waals surface area (Å²) in [5.41, 5.74) is 4.52. The van der Waals surface area contributed by atoms with Gasteiger partial charge in [0.15, 0.2) is 6.29 Å². The number of hydrogen-bond acceptors (Lipinski definition) is 6. The number of pyridine rings is 1. The molecule has 2 fully saturated rings. The highest BCUT2D eigenvalue weighted by Crippen LogP contribution is 2.26. The topological polar surface area (TPSA) is 84.5 Å². The van der Waals surface area contributed by atoms with Crippen molar-refractivity contribution in [1.82, 2.24) is 15.8 Å². The number of carbonyl (C=O) groups excluding carboxylic acids is 1. The maximum atomic E-state index is 12.0. The third-order valence-corrected chi connectivity index (χ3v) is 5.89. The molecule has 1 aromatic heterocycles. The van der Waals surface area contributed by atoms with E-state index in [1.165, 1.54) is 11.6 Å². The molecule has 32 heavy (non-hydrogen) atoms. The first-order valence-electron chi connectivity index (χ1n) is 11.5. The van der Waals surface area contributed by atoms with Gasteiger partial charge < -0.3 is 15.4 Å². The van der Waals surface area contributed by atoms with Gasteiger partial charge in [0.25, 0.3) is 5.91 Å². The highest BCUT2D eigenvalue weighted by molar-refractivity contribution is 5.90. The summed E-state index contributed by atoms with van der Waals surface area (Å²) in [6.07, 6.45) is 10.6. The third kappa shape index (κ3) is 6.63. The Morgan fingerprint density at radius 1 is 1.22 bits per heavy atom. The number of nitrogens with one attached hydrogen (secondary N) is 3. The molecule has 0 saturated carbocycles. The van der Waals surface area contributed by atoms with Crippen LogP contribution in [0.2, 0.25) is 0 Å². The lowest BCUT2D eigenvalue weighted by molar-refractivity contribution is -0.198.